The average Bonchev–Trinajstić information content (AvgIpc) is 2.72. The molecule has 9 nitrogen and oxygen atoms in total. The van der Waals surface area contributed by atoms with E-state index in [2.05, 4.69) is 0 Å². The van der Waals surface area contributed by atoms with Gasteiger partial charge in [-0.3, -0.25) is 20.2 Å². The number of hydrogen-bond acceptors (Lipinski definition) is 7. The number of hydrogen-bond donors (Lipinski definition) is 1. The minimum absolute atomic E-state index is 0.0501. The lowest BCUT2D eigenvalue weighted by atomic mass is 10.2. The highest BCUT2D eigenvalue weighted by Gasteiger charge is 2.15. The zero-order valence-electron chi connectivity index (χ0n) is 15.1. The molecular weight excluding hydrogens is 380 g/mol. The van der Waals surface area contributed by atoms with Crippen LogP contribution in [0.15, 0.2) is 66.7 Å². The summed E-state index contributed by atoms with van der Waals surface area (Å²) in [6, 6.07) is 16.6. The first-order valence-electron chi connectivity index (χ1n) is 8.49. The predicted octanol–water partition coefficient (Wildman–Crippen LogP) is 4.37. The maximum atomic E-state index is 11.1. The molecule has 0 radical (unpaired) electrons. The highest BCUT2D eigenvalue weighted by Crippen LogP contribution is 2.32. The molecule has 9 heteroatoms. The second-order valence-corrected chi connectivity index (χ2v) is 5.98. The van der Waals surface area contributed by atoms with Gasteiger partial charge in [0.15, 0.2) is 11.5 Å². The Kier molecular flexibility index (Phi) is 5.88. The van der Waals surface area contributed by atoms with Gasteiger partial charge < -0.3 is 14.6 Å². The summed E-state index contributed by atoms with van der Waals surface area (Å²) < 4.78 is 11.1. The molecule has 0 aliphatic heterocycles. The topological polar surface area (TPSA) is 125 Å². The summed E-state index contributed by atoms with van der Waals surface area (Å²) in [6.45, 7) is -0.177. The smallest absolute Gasteiger partial charge is 0.276 e. The van der Waals surface area contributed by atoms with Crippen molar-refractivity contribution in [1.82, 2.24) is 0 Å². The fourth-order valence-corrected chi connectivity index (χ4v) is 2.64. The Morgan fingerprint density at radius 2 is 1.28 bits per heavy atom. The van der Waals surface area contributed by atoms with E-state index in [9.17, 15) is 25.3 Å². The van der Waals surface area contributed by atoms with Gasteiger partial charge in [0.05, 0.1) is 21.0 Å². The van der Waals surface area contributed by atoms with Crippen LogP contribution < -0.4 is 9.47 Å². The molecule has 3 aromatic rings. The summed E-state index contributed by atoms with van der Waals surface area (Å²) >= 11 is 0. The molecule has 29 heavy (non-hydrogen) atoms. The molecular formula is C20H16N2O7. The van der Waals surface area contributed by atoms with Gasteiger partial charge in [-0.1, -0.05) is 24.3 Å². The van der Waals surface area contributed by atoms with Crippen LogP contribution in [-0.4, -0.2) is 15.0 Å². The van der Waals surface area contributed by atoms with E-state index < -0.39 is 9.85 Å². The Labute approximate surface area is 165 Å². The van der Waals surface area contributed by atoms with Crippen LogP contribution in [0.3, 0.4) is 0 Å². The number of aromatic hydroxyl groups is 1. The van der Waals surface area contributed by atoms with Crippen molar-refractivity contribution in [2.75, 3.05) is 0 Å². The third-order valence-electron chi connectivity index (χ3n) is 4.09. The molecule has 0 aliphatic carbocycles. The predicted molar refractivity (Wildman–Crippen MR) is 103 cm³/mol. The second kappa shape index (κ2) is 8.70. The van der Waals surface area contributed by atoms with Crippen LogP contribution in [0.4, 0.5) is 11.4 Å². The summed E-state index contributed by atoms with van der Waals surface area (Å²) in [7, 11) is 0. The minimum Gasteiger partial charge on any atom is -0.504 e. The van der Waals surface area contributed by atoms with E-state index >= 15 is 0 Å². The number of phenols is 1. The van der Waals surface area contributed by atoms with Gasteiger partial charge in [0, 0.05) is 18.2 Å². The van der Waals surface area contributed by atoms with E-state index in [1.54, 1.807) is 36.4 Å². The number of benzene rings is 3. The van der Waals surface area contributed by atoms with Gasteiger partial charge in [0.25, 0.3) is 11.4 Å². The number of ether oxygens (including phenoxy) is 2. The first-order chi connectivity index (χ1) is 14.0. The summed E-state index contributed by atoms with van der Waals surface area (Å²) in [5.41, 5.74) is 0.603. The van der Waals surface area contributed by atoms with Crippen LogP contribution in [-0.2, 0) is 13.2 Å². The molecule has 0 saturated heterocycles. The summed E-state index contributed by atoms with van der Waals surface area (Å²) in [6.07, 6.45) is 0. The number of para-hydroxylation sites is 2. The van der Waals surface area contributed by atoms with Gasteiger partial charge in [-0.25, -0.2) is 0 Å². The minimum atomic E-state index is -0.509. The van der Waals surface area contributed by atoms with Crippen molar-refractivity contribution < 1.29 is 24.4 Å². The van der Waals surface area contributed by atoms with Gasteiger partial charge in [0.2, 0.25) is 0 Å². The molecule has 0 atom stereocenters. The zero-order chi connectivity index (χ0) is 20.8. The standard InChI is InChI=1S/C20H16N2O7/c23-19-10-9-16(28-12-14-5-1-3-7-17(14)21(24)25)11-20(19)29-13-15-6-2-4-8-18(15)22(26)27/h1-11,23H,12-13H2. The van der Waals surface area contributed by atoms with Crippen molar-refractivity contribution in [3.63, 3.8) is 0 Å². The zero-order valence-corrected chi connectivity index (χ0v) is 15.1. The Morgan fingerprint density at radius 3 is 1.83 bits per heavy atom. The summed E-state index contributed by atoms with van der Waals surface area (Å²) in [5, 5.41) is 32.1. The van der Waals surface area contributed by atoms with Crippen LogP contribution in [0.2, 0.25) is 0 Å². The Balaban J connectivity index is 1.72. The van der Waals surface area contributed by atoms with Crippen LogP contribution in [0.5, 0.6) is 17.2 Å². The third kappa shape index (κ3) is 4.78. The van der Waals surface area contributed by atoms with Crippen molar-refractivity contribution in [2.45, 2.75) is 13.2 Å². The average molecular weight is 396 g/mol. The number of nitrogens with zero attached hydrogens (tertiary/aromatic N) is 2. The summed E-state index contributed by atoms with van der Waals surface area (Å²) in [4.78, 5) is 21.2. The maximum absolute atomic E-state index is 11.1. The van der Waals surface area contributed by atoms with Crippen LogP contribution in [0.25, 0.3) is 0 Å². The van der Waals surface area contributed by atoms with Crippen molar-refractivity contribution in [2.24, 2.45) is 0 Å². The molecule has 0 heterocycles. The number of nitro benzene ring substituents is 2. The molecule has 0 amide bonds. The first kappa shape index (κ1) is 19.6. The molecule has 0 spiro atoms. The Hall–Kier alpha value is -4.14. The fraction of sp³-hybridized carbons (Fsp3) is 0.100. The molecule has 0 fully saturated rings. The number of nitro groups is 2. The van der Waals surface area contributed by atoms with E-state index in [0.717, 1.165) is 0 Å². The first-order valence-corrected chi connectivity index (χ1v) is 8.49. The normalized spacial score (nSPS) is 10.3. The molecule has 0 aromatic heterocycles. The Morgan fingerprint density at radius 1 is 0.759 bits per heavy atom. The van der Waals surface area contributed by atoms with Crippen molar-refractivity contribution in [3.8, 4) is 17.2 Å². The van der Waals surface area contributed by atoms with E-state index in [-0.39, 0.29) is 36.1 Å². The number of rotatable bonds is 8. The van der Waals surface area contributed by atoms with Gasteiger partial charge in [-0.15, -0.1) is 0 Å². The third-order valence-corrected chi connectivity index (χ3v) is 4.09. The van der Waals surface area contributed by atoms with Crippen molar-refractivity contribution in [1.29, 1.82) is 0 Å². The maximum Gasteiger partial charge on any atom is 0.276 e. The largest absolute Gasteiger partial charge is 0.504 e. The quantitative estimate of drug-likeness (QED) is 0.443. The van der Waals surface area contributed by atoms with E-state index in [0.29, 0.717) is 16.9 Å². The SMILES string of the molecule is O=[N+]([O-])c1ccccc1COc1ccc(O)c(OCc2ccccc2[N+](=O)[O-])c1. The Bertz CT molecular complexity index is 1050. The monoisotopic (exact) mass is 396 g/mol. The van der Waals surface area contributed by atoms with Crippen molar-refractivity contribution >= 4 is 11.4 Å². The van der Waals surface area contributed by atoms with Gasteiger partial charge >= 0.3 is 0 Å². The molecule has 0 saturated carbocycles. The molecule has 0 bridgehead atoms. The van der Waals surface area contributed by atoms with Crippen LogP contribution in [0, 0.1) is 20.2 Å². The van der Waals surface area contributed by atoms with Gasteiger partial charge in [-0.2, -0.15) is 0 Å². The molecule has 148 valence electrons. The van der Waals surface area contributed by atoms with Gasteiger partial charge in [0.1, 0.15) is 19.0 Å². The number of phenolic OH excluding ortho intramolecular Hbond substituents is 1. The highest BCUT2D eigenvalue weighted by molar-refractivity contribution is 5.46. The van der Waals surface area contributed by atoms with Gasteiger partial charge in [-0.05, 0) is 24.3 Å². The molecule has 3 aromatic carbocycles. The molecule has 3 rings (SSSR count). The van der Waals surface area contributed by atoms with E-state index in [1.165, 1.54) is 30.3 Å². The lowest BCUT2D eigenvalue weighted by Gasteiger charge is -2.11. The van der Waals surface area contributed by atoms with Crippen LogP contribution >= 0.6 is 0 Å². The summed E-state index contributed by atoms with van der Waals surface area (Å²) in [5.74, 6) is 0.225. The van der Waals surface area contributed by atoms with Crippen LogP contribution in [0.1, 0.15) is 11.1 Å². The lowest BCUT2D eigenvalue weighted by molar-refractivity contribution is -0.386. The lowest BCUT2D eigenvalue weighted by Crippen LogP contribution is -2.02. The molecule has 0 unspecified atom stereocenters. The fourth-order valence-electron chi connectivity index (χ4n) is 2.64. The van der Waals surface area contributed by atoms with E-state index in [1.807, 2.05) is 0 Å². The van der Waals surface area contributed by atoms with Crippen molar-refractivity contribution in [3.05, 3.63) is 98.1 Å². The molecule has 1 N–H and O–H groups in total. The molecule has 0 aliphatic rings. The van der Waals surface area contributed by atoms with E-state index in [4.69, 9.17) is 9.47 Å². The second-order valence-electron chi connectivity index (χ2n) is 5.98. The highest BCUT2D eigenvalue weighted by atomic mass is 16.6.